The molecular formula is C23H28N6O3S. The SMILES string of the molecule is CC(C)c1c(C(=O)Nc2ccc(S(=O)(=O)N3CCN(C)CC3)cc2)cnn1-c1ccccn1. The number of sulfonamides is 1. The highest BCUT2D eigenvalue weighted by molar-refractivity contribution is 7.89. The zero-order valence-electron chi connectivity index (χ0n) is 19.0. The third-order valence-corrected chi connectivity index (χ3v) is 7.59. The van der Waals surface area contributed by atoms with Crippen molar-refractivity contribution in [2.75, 3.05) is 38.5 Å². The van der Waals surface area contributed by atoms with Crippen LogP contribution >= 0.6 is 0 Å². The Kier molecular flexibility index (Phi) is 6.59. The number of carbonyl (C=O) groups is 1. The molecule has 1 saturated heterocycles. The van der Waals surface area contributed by atoms with Gasteiger partial charge in [-0.15, -0.1) is 0 Å². The number of likely N-dealkylation sites (N-methyl/N-ethyl adjacent to an activating group) is 1. The largest absolute Gasteiger partial charge is 0.322 e. The van der Waals surface area contributed by atoms with Crippen molar-refractivity contribution in [3.63, 3.8) is 0 Å². The molecule has 10 heteroatoms. The molecule has 0 atom stereocenters. The van der Waals surface area contributed by atoms with Gasteiger partial charge in [0.15, 0.2) is 5.82 Å². The standard InChI is InChI=1S/C23H28N6O3S/c1-17(2)22-20(16-25-29(22)21-6-4-5-11-24-21)23(30)26-18-7-9-19(10-8-18)33(31,32)28-14-12-27(3)13-15-28/h4-11,16-17H,12-15H2,1-3H3,(H,26,30). The van der Waals surface area contributed by atoms with Crippen molar-refractivity contribution in [1.82, 2.24) is 24.0 Å². The summed E-state index contributed by atoms with van der Waals surface area (Å²) < 4.78 is 29.0. The fourth-order valence-corrected chi connectivity index (χ4v) is 5.26. The summed E-state index contributed by atoms with van der Waals surface area (Å²) >= 11 is 0. The number of piperazine rings is 1. The molecule has 3 heterocycles. The van der Waals surface area contributed by atoms with E-state index in [1.807, 2.05) is 39.1 Å². The van der Waals surface area contributed by atoms with E-state index in [9.17, 15) is 13.2 Å². The number of nitrogens with one attached hydrogen (secondary N) is 1. The second-order valence-electron chi connectivity index (χ2n) is 8.38. The first-order valence-corrected chi connectivity index (χ1v) is 12.3. The fraction of sp³-hybridized carbons (Fsp3) is 0.348. The minimum Gasteiger partial charge on any atom is -0.322 e. The van der Waals surface area contributed by atoms with Gasteiger partial charge in [0.1, 0.15) is 0 Å². The number of hydrogen-bond acceptors (Lipinski definition) is 6. The first-order valence-electron chi connectivity index (χ1n) is 10.9. The lowest BCUT2D eigenvalue weighted by atomic mass is 10.1. The normalized spacial score (nSPS) is 15.6. The van der Waals surface area contributed by atoms with Gasteiger partial charge in [0, 0.05) is 38.1 Å². The van der Waals surface area contributed by atoms with E-state index in [4.69, 9.17) is 0 Å². The van der Waals surface area contributed by atoms with Crippen LogP contribution < -0.4 is 5.32 Å². The molecule has 9 nitrogen and oxygen atoms in total. The highest BCUT2D eigenvalue weighted by atomic mass is 32.2. The quantitative estimate of drug-likeness (QED) is 0.597. The molecule has 1 fully saturated rings. The number of benzene rings is 1. The van der Waals surface area contributed by atoms with Crippen molar-refractivity contribution >= 4 is 21.6 Å². The molecule has 1 amide bonds. The molecule has 1 aliphatic rings. The molecule has 1 aromatic carbocycles. The van der Waals surface area contributed by atoms with E-state index in [0.29, 0.717) is 43.2 Å². The monoisotopic (exact) mass is 468 g/mol. The Bertz CT molecular complexity index is 1210. The van der Waals surface area contributed by atoms with Crippen molar-refractivity contribution < 1.29 is 13.2 Å². The van der Waals surface area contributed by atoms with E-state index in [1.165, 1.54) is 22.6 Å². The number of nitrogens with zero attached hydrogens (tertiary/aromatic N) is 5. The maximum atomic E-state index is 13.0. The Labute approximate surface area is 194 Å². The Morgan fingerprint density at radius 2 is 1.73 bits per heavy atom. The molecule has 3 aromatic rings. The van der Waals surface area contributed by atoms with Crippen LogP contribution in [0.1, 0.15) is 35.8 Å². The average molecular weight is 469 g/mol. The molecule has 174 valence electrons. The van der Waals surface area contributed by atoms with Gasteiger partial charge in [0.25, 0.3) is 5.91 Å². The van der Waals surface area contributed by atoms with Crippen LogP contribution in [0.25, 0.3) is 5.82 Å². The molecule has 0 aliphatic carbocycles. The van der Waals surface area contributed by atoms with Crippen molar-refractivity contribution in [3.8, 4) is 5.82 Å². The summed E-state index contributed by atoms with van der Waals surface area (Å²) in [6.07, 6.45) is 3.21. The van der Waals surface area contributed by atoms with Gasteiger partial charge in [-0.05, 0) is 49.4 Å². The van der Waals surface area contributed by atoms with Gasteiger partial charge in [0.05, 0.1) is 22.3 Å². The van der Waals surface area contributed by atoms with Crippen LogP contribution in [0.5, 0.6) is 0 Å². The summed E-state index contributed by atoms with van der Waals surface area (Å²) in [5, 5.41) is 7.23. The van der Waals surface area contributed by atoms with Gasteiger partial charge in [0.2, 0.25) is 10.0 Å². The van der Waals surface area contributed by atoms with E-state index in [1.54, 1.807) is 23.0 Å². The summed E-state index contributed by atoms with van der Waals surface area (Å²) in [5.74, 6) is 0.362. The number of anilines is 1. The number of rotatable bonds is 6. The Morgan fingerprint density at radius 3 is 2.33 bits per heavy atom. The van der Waals surface area contributed by atoms with E-state index < -0.39 is 10.0 Å². The third kappa shape index (κ3) is 4.82. The second kappa shape index (κ2) is 9.42. The van der Waals surface area contributed by atoms with E-state index in [2.05, 4.69) is 20.3 Å². The summed E-state index contributed by atoms with van der Waals surface area (Å²) in [6.45, 7) is 6.33. The predicted molar refractivity (Wildman–Crippen MR) is 126 cm³/mol. The van der Waals surface area contributed by atoms with E-state index in [-0.39, 0.29) is 16.7 Å². The van der Waals surface area contributed by atoms with Crippen molar-refractivity contribution in [2.45, 2.75) is 24.7 Å². The van der Waals surface area contributed by atoms with Crippen LogP contribution in [-0.4, -0.2) is 71.5 Å². The Morgan fingerprint density at radius 1 is 1.03 bits per heavy atom. The molecule has 0 bridgehead atoms. The molecule has 0 saturated carbocycles. The van der Waals surface area contributed by atoms with Crippen LogP contribution in [0.3, 0.4) is 0 Å². The second-order valence-corrected chi connectivity index (χ2v) is 10.3. The van der Waals surface area contributed by atoms with E-state index >= 15 is 0 Å². The summed E-state index contributed by atoms with van der Waals surface area (Å²) in [6, 6.07) is 11.8. The van der Waals surface area contributed by atoms with Crippen molar-refractivity contribution in [2.24, 2.45) is 0 Å². The topological polar surface area (TPSA) is 100 Å². The van der Waals surface area contributed by atoms with Crippen LogP contribution in [0.15, 0.2) is 59.8 Å². The zero-order chi connectivity index (χ0) is 23.6. The maximum Gasteiger partial charge on any atom is 0.259 e. The lowest BCUT2D eigenvalue weighted by Gasteiger charge is -2.31. The Hall–Kier alpha value is -3.08. The van der Waals surface area contributed by atoms with Crippen LogP contribution in [0.4, 0.5) is 5.69 Å². The molecule has 33 heavy (non-hydrogen) atoms. The number of aromatic nitrogens is 3. The van der Waals surface area contributed by atoms with Crippen molar-refractivity contribution in [3.05, 3.63) is 66.1 Å². The Balaban J connectivity index is 1.52. The highest BCUT2D eigenvalue weighted by Gasteiger charge is 2.27. The first kappa shape index (κ1) is 23.1. The molecule has 4 rings (SSSR count). The average Bonchev–Trinajstić information content (AvgIpc) is 3.26. The number of hydrogen-bond donors (Lipinski definition) is 1. The van der Waals surface area contributed by atoms with E-state index in [0.717, 1.165) is 5.69 Å². The predicted octanol–water partition coefficient (Wildman–Crippen LogP) is 2.58. The number of carbonyl (C=O) groups excluding carboxylic acids is 1. The van der Waals surface area contributed by atoms with Crippen LogP contribution in [0.2, 0.25) is 0 Å². The summed E-state index contributed by atoms with van der Waals surface area (Å²) in [5.41, 5.74) is 1.71. The zero-order valence-corrected chi connectivity index (χ0v) is 19.8. The summed E-state index contributed by atoms with van der Waals surface area (Å²) in [4.78, 5) is 19.7. The third-order valence-electron chi connectivity index (χ3n) is 5.68. The molecule has 0 unspecified atom stereocenters. The lowest BCUT2D eigenvalue weighted by molar-refractivity contribution is 0.102. The number of pyridine rings is 1. The van der Waals surface area contributed by atoms with Gasteiger partial charge in [-0.3, -0.25) is 4.79 Å². The molecular weight excluding hydrogens is 440 g/mol. The van der Waals surface area contributed by atoms with Crippen LogP contribution in [0, 0.1) is 0 Å². The highest BCUT2D eigenvalue weighted by Crippen LogP contribution is 2.24. The molecule has 2 aromatic heterocycles. The van der Waals surface area contributed by atoms with Gasteiger partial charge in [-0.1, -0.05) is 19.9 Å². The number of amides is 1. The van der Waals surface area contributed by atoms with Crippen LogP contribution in [-0.2, 0) is 10.0 Å². The minimum absolute atomic E-state index is 0.0337. The van der Waals surface area contributed by atoms with Crippen molar-refractivity contribution in [1.29, 1.82) is 0 Å². The van der Waals surface area contributed by atoms with Gasteiger partial charge in [-0.25, -0.2) is 18.1 Å². The summed E-state index contributed by atoms with van der Waals surface area (Å²) in [7, 11) is -1.58. The molecule has 1 aliphatic heterocycles. The van der Waals surface area contributed by atoms with Gasteiger partial charge < -0.3 is 10.2 Å². The van der Waals surface area contributed by atoms with Gasteiger partial charge in [-0.2, -0.15) is 9.40 Å². The fourth-order valence-electron chi connectivity index (χ4n) is 3.84. The lowest BCUT2D eigenvalue weighted by Crippen LogP contribution is -2.46. The molecule has 0 radical (unpaired) electrons. The molecule has 1 N–H and O–H groups in total. The van der Waals surface area contributed by atoms with Gasteiger partial charge >= 0.3 is 0 Å². The first-order chi connectivity index (χ1) is 15.8. The smallest absolute Gasteiger partial charge is 0.259 e. The maximum absolute atomic E-state index is 13.0. The minimum atomic E-state index is -3.55. The molecule has 0 spiro atoms.